The summed E-state index contributed by atoms with van der Waals surface area (Å²) >= 11 is 7.21. The van der Waals surface area contributed by atoms with E-state index in [1.165, 1.54) is 18.9 Å². The molecule has 1 aliphatic heterocycles. The van der Waals surface area contributed by atoms with Crippen LogP contribution in [0.1, 0.15) is 18.4 Å². The molecule has 1 heterocycles. The topological polar surface area (TPSA) is 103 Å². The molecule has 7 nitrogen and oxygen atoms in total. The number of hydrogen-bond donors (Lipinski definition) is 3. The van der Waals surface area contributed by atoms with Gasteiger partial charge in [0.2, 0.25) is 5.91 Å². The molecule has 0 aromatic heterocycles. The Bertz CT molecular complexity index is 1460. The van der Waals surface area contributed by atoms with Crippen molar-refractivity contribution in [3.05, 3.63) is 111 Å². The summed E-state index contributed by atoms with van der Waals surface area (Å²) in [5.41, 5.74) is 3.24. The van der Waals surface area contributed by atoms with E-state index in [-0.39, 0.29) is 17.6 Å². The Labute approximate surface area is 230 Å². The maximum absolute atomic E-state index is 13.6. The molecule has 3 aromatic rings. The number of benzene rings is 3. The lowest BCUT2D eigenvalue weighted by atomic mass is 9.82. The number of nitrogens with zero attached hydrogens (tertiary/aromatic N) is 1. The second kappa shape index (κ2) is 12.4. The fourth-order valence-corrected chi connectivity index (χ4v) is 5.23. The smallest absolute Gasteiger partial charge is 0.254 e. The number of anilines is 2. The highest BCUT2D eigenvalue weighted by Crippen LogP contribution is 2.41. The summed E-state index contributed by atoms with van der Waals surface area (Å²) in [5.74, 6) is -0.657. The summed E-state index contributed by atoms with van der Waals surface area (Å²) in [6, 6.07) is 25.7. The molecule has 9 heteroatoms. The van der Waals surface area contributed by atoms with Crippen molar-refractivity contribution in [2.45, 2.75) is 12.8 Å². The SMILES string of the molecule is COc1ccccc1NC(=O)C1=C(C)NC(SCC(=O)Nc2cccc(Cl)c2)=C(C#N)C1c1ccccc1. The van der Waals surface area contributed by atoms with Crippen LogP contribution in [-0.2, 0) is 9.59 Å². The zero-order valence-electron chi connectivity index (χ0n) is 20.7. The minimum atomic E-state index is -0.629. The van der Waals surface area contributed by atoms with Crippen molar-refractivity contribution in [1.82, 2.24) is 5.32 Å². The fourth-order valence-electron chi connectivity index (χ4n) is 4.14. The lowest BCUT2D eigenvalue weighted by Crippen LogP contribution is -2.31. The fraction of sp³-hybridized carbons (Fsp3) is 0.138. The van der Waals surface area contributed by atoms with Gasteiger partial charge in [-0.15, -0.1) is 0 Å². The first-order valence-electron chi connectivity index (χ1n) is 11.7. The molecule has 38 heavy (non-hydrogen) atoms. The molecule has 4 rings (SSSR count). The second-order valence-corrected chi connectivity index (χ2v) is 9.79. The number of thioether (sulfide) groups is 1. The highest BCUT2D eigenvalue weighted by atomic mass is 35.5. The first kappa shape index (κ1) is 26.9. The molecular formula is C29H25ClN4O3S. The Balaban J connectivity index is 1.62. The lowest BCUT2D eigenvalue weighted by Gasteiger charge is -2.30. The van der Waals surface area contributed by atoms with Crippen LogP contribution < -0.4 is 20.7 Å². The zero-order chi connectivity index (χ0) is 27.1. The number of nitrogens with one attached hydrogen (secondary N) is 3. The predicted octanol–water partition coefficient (Wildman–Crippen LogP) is 6.06. The van der Waals surface area contributed by atoms with Gasteiger partial charge in [0, 0.05) is 22.0 Å². The van der Waals surface area contributed by atoms with Crippen LogP contribution in [0.15, 0.2) is 101 Å². The molecule has 0 bridgehead atoms. The van der Waals surface area contributed by atoms with Crippen molar-refractivity contribution >= 4 is 46.6 Å². The summed E-state index contributed by atoms with van der Waals surface area (Å²) in [5, 5.41) is 20.2. The first-order chi connectivity index (χ1) is 18.4. The van der Waals surface area contributed by atoms with Crippen molar-refractivity contribution < 1.29 is 14.3 Å². The molecule has 2 amide bonds. The van der Waals surface area contributed by atoms with Crippen LogP contribution in [0.3, 0.4) is 0 Å². The van der Waals surface area contributed by atoms with Crippen molar-refractivity contribution in [2.24, 2.45) is 0 Å². The number of amides is 2. The van der Waals surface area contributed by atoms with E-state index in [0.717, 1.165) is 5.56 Å². The Morgan fingerprint density at radius 3 is 2.50 bits per heavy atom. The highest BCUT2D eigenvalue weighted by Gasteiger charge is 2.35. The van der Waals surface area contributed by atoms with Gasteiger partial charge in [0.05, 0.1) is 41.1 Å². The standard InChI is InChI=1S/C29H25ClN4O3S/c1-18-26(28(36)34-23-13-6-7-14-24(23)37-2)27(19-9-4-3-5-10-19)22(16-31)29(32-18)38-17-25(35)33-21-12-8-11-20(30)15-21/h3-15,27,32H,17H2,1-2H3,(H,33,35)(H,34,36). The number of halogens is 1. The maximum Gasteiger partial charge on any atom is 0.254 e. The monoisotopic (exact) mass is 544 g/mol. The van der Waals surface area contributed by atoms with Crippen molar-refractivity contribution in [1.29, 1.82) is 5.26 Å². The number of nitriles is 1. The van der Waals surface area contributed by atoms with E-state index < -0.39 is 5.92 Å². The number of para-hydroxylation sites is 2. The average molecular weight is 545 g/mol. The molecule has 3 aromatic carbocycles. The molecule has 0 aliphatic carbocycles. The van der Waals surface area contributed by atoms with E-state index in [1.54, 1.807) is 49.4 Å². The third-order valence-corrected chi connectivity index (χ3v) is 7.09. The minimum Gasteiger partial charge on any atom is -0.495 e. The second-order valence-electron chi connectivity index (χ2n) is 8.36. The summed E-state index contributed by atoms with van der Waals surface area (Å²) in [4.78, 5) is 26.3. The van der Waals surface area contributed by atoms with Crippen LogP contribution in [0.25, 0.3) is 0 Å². The molecule has 192 valence electrons. The van der Waals surface area contributed by atoms with Crippen LogP contribution in [-0.4, -0.2) is 24.7 Å². The van der Waals surface area contributed by atoms with E-state index in [1.807, 2.05) is 36.4 Å². The minimum absolute atomic E-state index is 0.0531. The van der Waals surface area contributed by atoms with Gasteiger partial charge in [0.15, 0.2) is 0 Å². The van der Waals surface area contributed by atoms with Crippen molar-refractivity contribution in [3.63, 3.8) is 0 Å². The van der Waals surface area contributed by atoms with E-state index >= 15 is 0 Å². The Hall–Kier alpha value is -4.19. The molecule has 1 unspecified atom stereocenters. The maximum atomic E-state index is 13.6. The van der Waals surface area contributed by atoms with Crippen molar-refractivity contribution in [3.8, 4) is 11.8 Å². The van der Waals surface area contributed by atoms with Crippen LogP contribution in [0, 0.1) is 11.3 Å². The van der Waals surface area contributed by atoms with Crippen molar-refractivity contribution in [2.75, 3.05) is 23.5 Å². The summed E-state index contributed by atoms with van der Waals surface area (Å²) in [6.45, 7) is 1.79. The Morgan fingerprint density at radius 1 is 1.05 bits per heavy atom. The third-order valence-electron chi connectivity index (χ3n) is 5.84. The van der Waals surface area contributed by atoms with Crippen LogP contribution in [0.2, 0.25) is 5.02 Å². The largest absolute Gasteiger partial charge is 0.495 e. The van der Waals surface area contributed by atoms with Crippen LogP contribution >= 0.6 is 23.4 Å². The highest BCUT2D eigenvalue weighted by molar-refractivity contribution is 8.03. The summed E-state index contributed by atoms with van der Waals surface area (Å²) < 4.78 is 5.38. The number of methoxy groups -OCH3 is 1. The van der Waals surface area contributed by atoms with Crippen LogP contribution in [0.4, 0.5) is 11.4 Å². The molecule has 0 saturated carbocycles. The number of rotatable bonds is 8. The molecular weight excluding hydrogens is 520 g/mol. The van der Waals surface area contributed by atoms with Gasteiger partial charge >= 0.3 is 0 Å². The van der Waals surface area contributed by atoms with E-state index in [2.05, 4.69) is 22.0 Å². The van der Waals surface area contributed by atoms with Gasteiger partial charge in [-0.3, -0.25) is 9.59 Å². The number of ether oxygens (including phenoxy) is 1. The number of dihydropyridines is 1. The van der Waals surface area contributed by atoms with Crippen LogP contribution in [0.5, 0.6) is 5.75 Å². The normalized spacial score (nSPS) is 14.8. The van der Waals surface area contributed by atoms with E-state index in [9.17, 15) is 14.9 Å². The predicted molar refractivity (Wildman–Crippen MR) is 152 cm³/mol. The van der Waals surface area contributed by atoms with Gasteiger partial charge in [-0.05, 0) is 42.8 Å². The number of allylic oxidation sites excluding steroid dienone is 2. The molecule has 0 radical (unpaired) electrons. The van der Waals surface area contributed by atoms with Gasteiger partial charge < -0.3 is 20.7 Å². The van der Waals surface area contributed by atoms with Gasteiger partial charge in [-0.25, -0.2) is 0 Å². The first-order valence-corrected chi connectivity index (χ1v) is 13.1. The zero-order valence-corrected chi connectivity index (χ0v) is 22.3. The van der Waals surface area contributed by atoms with Gasteiger partial charge in [0.25, 0.3) is 5.91 Å². The molecule has 0 spiro atoms. The number of carbonyl (C=O) groups excluding carboxylic acids is 2. The lowest BCUT2D eigenvalue weighted by molar-refractivity contribution is -0.114. The summed E-state index contributed by atoms with van der Waals surface area (Å²) in [7, 11) is 1.53. The van der Waals surface area contributed by atoms with Gasteiger partial charge in [-0.1, -0.05) is 71.9 Å². The van der Waals surface area contributed by atoms with Gasteiger partial charge in [0.1, 0.15) is 5.75 Å². The summed E-state index contributed by atoms with van der Waals surface area (Å²) in [6.07, 6.45) is 0. The van der Waals surface area contributed by atoms with Gasteiger partial charge in [-0.2, -0.15) is 5.26 Å². The molecule has 0 saturated heterocycles. The Morgan fingerprint density at radius 2 is 1.79 bits per heavy atom. The number of carbonyl (C=O) groups is 2. The Kier molecular flexibility index (Phi) is 8.74. The average Bonchev–Trinajstić information content (AvgIpc) is 2.92. The quantitative estimate of drug-likeness (QED) is 0.319. The molecule has 1 aliphatic rings. The van der Waals surface area contributed by atoms with E-state index in [0.29, 0.717) is 44.0 Å². The number of hydrogen-bond acceptors (Lipinski definition) is 6. The molecule has 1 atom stereocenters. The molecule has 3 N–H and O–H groups in total. The third kappa shape index (κ3) is 6.20. The van der Waals surface area contributed by atoms with E-state index in [4.69, 9.17) is 16.3 Å². The molecule has 0 fully saturated rings.